The van der Waals surface area contributed by atoms with Crippen LogP contribution in [-0.2, 0) is 12.8 Å². The molecule has 2 nitrogen and oxygen atoms in total. The van der Waals surface area contributed by atoms with Gasteiger partial charge in [0.2, 0.25) is 0 Å². The smallest absolute Gasteiger partial charge is 0.160 e. The lowest BCUT2D eigenvalue weighted by molar-refractivity contribution is 0.918. The molecule has 0 saturated carbocycles. The lowest BCUT2D eigenvalue weighted by Crippen LogP contribution is -2.10. The van der Waals surface area contributed by atoms with Crippen molar-refractivity contribution in [2.45, 2.75) is 25.7 Å². The van der Waals surface area contributed by atoms with E-state index >= 15 is 0 Å². The molecule has 0 fully saturated rings. The molecule has 0 aliphatic heterocycles. The Balaban J connectivity index is 1.40. The van der Waals surface area contributed by atoms with Crippen LogP contribution in [0.5, 0.6) is 0 Å². The van der Waals surface area contributed by atoms with Gasteiger partial charge in [-0.3, -0.25) is 0 Å². The van der Waals surface area contributed by atoms with Gasteiger partial charge in [-0.05, 0) is 70.7 Å². The quantitative estimate of drug-likeness (QED) is 0.219. The van der Waals surface area contributed by atoms with E-state index in [4.69, 9.17) is 9.97 Å². The molecule has 2 heteroatoms. The molecule has 0 amide bonds. The molecule has 0 N–H and O–H groups in total. The average molecular weight is 539 g/mol. The number of benzene rings is 5. The summed E-state index contributed by atoms with van der Waals surface area (Å²) < 4.78 is 0. The van der Waals surface area contributed by atoms with E-state index in [0.717, 1.165) is 53.7 Å². The van der Waals surface area contributed by atoms with Crippen molar-refractivity contribution in [1.82, 2.24) is 9.97 Å². The molecular formula is C40H30N2. The summed E-state index contributed by atoms with van der Waals surface area (Å²) in [5.41, 5.74) is 15.2. The molecule has 42 heavy (non-hydrogen) atoms. The molecule has 8 rings (SSSR count). The molecule has 2 aliphatic carbocycles. The van der Waals surface area contributed by atoms with Crippen molar-refractivity contribution in [2.24, 2.45) is 0 Å². The third-order valence-electron chi connectivity index (χ3n) is 8.70. The predicted molar refractivity (Wildman–Crippen MR) is 174 cm³/mol. The second-order valence-corrected chi connectivity index (χ2v) is 11.2. The van der Waals surface area contributed by atoms with Crippen LogP contribution in [0.1, 0.15) is 40.8 Å². The van der Waals surface area contributed by atoms with Gasteiger partial charge in [0.1, 0.15) is 0 Å². The van der Waals surface area contributed by atoms with Gasteiger partial charge < -0.3 is 0 Å². The Labute approximate surface area is 246 Å². The van der Waals surface area contributed by atoms with Gasteiger partial charge in [0, 0.05) is 16.5 Å². The van der Waals surface area contributed by atoms with Crippen molar-refractivity contribution < 1.29 is 0 Å². The van der Waals surface area contributed by atoms with Gasteiger partial charge >= 0.3 is 0 Å². The number of para-hydroxylation sites is 1. The number of hydrogen-bond donors (Lipinski definition) is 0. The van der Waals surface area contributed by atoms with Crippen molar-refractivity contribution in [3.63, 3.8) is 0 Å². The SMILES string of the molecule is C1=C(c2nc(-c3ccccc3)nc3ccccc23)C2=C(CC1)Cc1ccccc1-c1ccccc1Cc1ccccc12. The first-order chi connectivity index (χ1) is 20.8. The highest BCUT2D eigenvalue weighted by molar-refractivity contribution is 6.11. The Hall–Kier alpha value is -5.08. The number of nitrogens with zero attached hydrogens (tertiary/aromatic N) is 2. The summed E-state index contributed by atoms with van der Waals surface area (Å²) >= 11 is 0. The minimum atomic E-state index is 0.769. The minimum Gasteiger partial charge on any atom is -0.228 e. The van der Waals surface area contributed by atoms with E-state index in [0.29, 0.717) is 0 Å². The maximum Gasteiger partial charge on any atom is 0.160 e. The Bertz CT molecular complexity index is 2030. The summed E-state index contributed by atoms with van der Waals surface area (Å²) in [6.07, 6.45) is 6.25. The van der Waals surface area contributed by atoms with Crippen LogP contribution >= 0.6 is 0 Å². The van der Waals surface area contributed by atoms with Gasteiger partial charge in [0.25, 0.3) is 0 Å². The van der Waals surface area contributed by atoms with Crippen molar-refractivity contribution in [2.75, 3.05) is 0 Å². The monoisotopic (exact) mass is 538 g/mol. The van der Waals surface area contributed by atoms with Crippen LogP contribution < -0.4 is 0 Å². The van der Waals surface area contributed by atoms with Gasteiger partial charge in [-0.15, -0.1) is 0 Å². The van der Waals surface area contributed by atoms with Gasteiger partial charge in [0.05, 0.1) is 11.2 Å². The molecule has 200 valence electrons. The Morgan fingerprint density at radius 1 is 0.500 bits per heavy atom. The maximum atomic E-state index is 5.32. The predicted octanol–water partition coefficient (Wildman–Crippen LogP) is 9.74. The van der Waals surface area contributed by atoms with Crippen LogP contribution in [0.15, 0.2) is 139 Å². The fourth-order valence-electron chi connectivity index (χ4n) is 6.76. The normalized spacial score (nSPS) is 14.3. The van der Waals surface area contributed by atoms with Crippen LogP contribution in [0.25, 0.3) is 44.6 Å². The Morgan fingerprint density at radius 3 is 1.86 bits per heavy atom. The highest BCUT2D eigenvalue weighted by Gasteiger charge is 2.26. The average Bonchev–Trinajstić information content (AvgIpc) is 3.05. The van der Waals surface area contributed by atoms with Gasteiger partial charge in [-0.1, -0.05) is 133 Å². The largest absolute Gasteiger partial charge is 0.228 e. The summed E-state index contributed by atoms with van der Waals surface area (Å²) in [4.78, 5) is 10.3. The zero-order chi connectivity index (χ0) is 27.9. The lowest BCUT2D eigenvalue weighted by Gasteiger charge is -2.27. The van der Waals surface area contributed by atoms with E-state index in [1.54, 1.807) is 0 Å². The summed E-state index contributed by atoms with van der Waals surface area (Å²) in [7, 11) is 0. The number of rotatable bonds is 2. The van der Waals surface area contributed by atoms with Gasteiger partial charge in [-0.2, -0.15) is 0 Å². The maximum absolute atomic E-state index is 5.32. The first-order valence-electron chi connectivity index (χ1n) is 14.8. The summed E-state index contributed by atoms with van der Waals surface area (Å²) in [6.45, 7) is 0. The molecule has 6 aromatic rings. The summed E-state index contributed by atoms with van der Waals surface area (Å²) in [5, 5.41) is 1.09. The second kappa shape index (κ2) is 10.4. The fraction of sp³-hybridized carbons (Fsp3) is 0.100. The highest BCUT2D eigenvalue weighted by atomic mass is 14.9. The first-order valence-corrected chi connectivity index (χ1v) is 14.8. The molecule has 2 aliphatic rings. The van der Waals surface area contributed by atoms with E-state index < -0.39 is 0 Å². The molecule has 0 bridgehead atoms. The van der Waals surface area contributed by atoms with Crippen molar-refractivity contribution in [3.8, 4) is 22.5 Å². The number of hydrogen-bond acceptors (Lipinski definition) is 2. The fourth-order valence-corrected chi connectivity index (χ4v) is 6.76. The topological polar surface area (TPSA) is 25.8 Å². The van der Waals surface area contributed by atoms with E-state index in [9.17, 15) is 0 Å². The van der Waals surface area contributed by atoms with Gasteiger partial charge in [0.15, 0.2) is 5.82 Å². The molecule has 1 heterocycles. The van der Waals surface area contributed by atoms with Crippen LogP contribution in [0, 0.1) is 0 Å². The molecule has 0 radical (unpaired) electrons. The molecule has 0 atom stereocenters. The molecule has 1 aromatic heterocycles. The number of fused-ring (bicyclic) bond motifs is 6. The van der Waals surface area contributed by atoms with Crippen LogP contribution in [0.4, 0.5) is 0 Å². The van der Waals surface area contributed by atoms with Crippen LogP contribution in [0.2, 0.25) is 0 Å². The lowest BCUT2D eigenvalue weighted by atomic mass is 9.77. The third kappa shape index (κ3) is 4.28. The highest BCUT2D eigenvalue weighted by Crippen LogP contribution is 2.45. The van der Waals surface area contributed by atoms with E-state index in [2.05, 4.69) is 127 Å². The molecular weight excluding hydrogens is 508 g/mol. The third-order valence-corrected chi connectivity index (χ3v) is 8.70. The molecule has 0 spiro atoms. The van der Waals surface area contributed by atoms with Crippen LogP contribution in [0.3, 0.4) is 0 Å². The van der Waals surface area contributed by atoms with Crippen molar-refractivity contribution in [3.05, 3.63) is 167 Å². The zero-order valence-corrected chi connectivity index (χ0v) is 23.4. The Morgan fingerprint density at radius 2 is 1.10 bits per heavy atom. The minimum absolute atomic E-state index is 0.769. The van der Waals surface area contributed by atoms with Crippen LogP contribution in [-0.4, -0.2) is 9.97 Å². The number of aromatic nitrogens is 2. The summed E-state index contributed by atoms with van der Waals surface area (Å²) in [6, 6.07) is 45.7. The van der Waals surface area contributed by atoms with Crippen molar-refractivity contribution in [1.29, 1.82) is 0 Å². The standard InChI is InChI=1S/C40H30N2/c1-2-13-27(14-3-1)40-41-37-24-11-10-22-35(37)39(42-40)36-23-12-18-31-26-29-16-5-8-20-33(29)32-19-7-4-15-28(32)25-30-17-6-9-21-34(30)38(31)36/h1-11,13-17,19-24H,12,18,25-26H2. The van der Waals surface area contributed by atoms with E-state index in [1.165, 1.54) is 50.1 Å². The molecule has 0 unspecified atom stereocenters. The molecule has 0 saturated heterocycles. The zero-order valence-electron chi connectivity index (χ0n) is 23.4. The van der Waals surface area contributed by atoms with Gasteiger partial charge in [-0.25, -0.2) is 9.97 Å². The first kappa shape index (κ1) is 24.7. The van der Waals surface area contributed by atoms with Crippen molar-refractivity contribution >= 4 is 22.0 Å². The Kier molecular flexibility index (Phi) is 6.11. The van der Waals surface area contributed by atoms with E-state index in [1.807, 2.05) is 6.07 Å². The number of allylic oxidation sites excluding steroid dienone is 4. The summed E-state index contributed by atoms with van der Waals surface area (Å²) in [5.74, 6) is 0.769. The van der Waals surface area contributed by atoms with E-state index in [-0.39, 0.29) is 0 Å². The molecule has 5 aromatic carbocycles. The second-order valence-electron chi connectivity index (χ2n) is 11.2.